The van der Waals surface area contributed by atoms with E-state index < -0.39 is 17.2 Å². The third-order valence-electron chi connectivity index (χ3n) is 7.31. The molecule has 3 aromatic rings. The molecule has 4 rings (SSSR count). The van der Waals surface area contributed by atoms with Crippen LogP contribution in [-0.4, -0.2) is 50.1 Å². The maximum absolute atomic E-state index is 14.9. The van der Waals surface area contributed by atoms with Crippen LogP contribution in [0, 0.1) is 17.5 Å². The Hall–Kier alpha value is -3.62. The zero-order chi connectivity index (χ0) is 28.4. The van der Waals surface area contributed by atoms with Crippen molar-refractivity contribution in [3.63, 3.8) is 0 Å². The molecule has 3 N–H and O–H groups in total. The minimum atomic E-state index is -1.12. The molecule has 0 saturated carbocycles. The summed E-state index contributed by atoms with van der Waals surface area (Å²) in [5, 5.41) is 3.62. The summed E-state index contributed by atoms with van der Waals surface area (Å²) in [6.45, 7) is 6.79. The highest BCUT2D eigenvalue weighted by Gasteiger charge is 2.36. The van der Waals surface area contributed by atoms with E-state index in [1.165, 1.54) is 30.6 Å². The molecule has 0 bridgehead atoms. The summed E-state index contributed by atoms with van der Waals surface area (Å²) in [5.74, 6) is -1.51. The molecule has 1 aliphatic heterocycles. The van der Waals surface area contributed by atoms with Crippen LogP contribution in [0.2, 0.25) is 0 Å². The molecule has 1 fully saturated rings. The van der Waals surface area contributed by atoms with Crippen LogP contribution in [0.1, 0.15) is 36.0 Å². The largest absolute Gasteiger partial charge is 0.390 e. The zero-order valence-electron chi connectivity index (χ0n) is 22.7. The molecule has 1 saturated heterocycles. The molecular formula is C32H37F3N4O. The lowest BCUT2D eigenvalue weighted by atomic mass is 9.91. The van der Waals surface area contributed by atoms with Crippen LogP contribution in [0.4, 0.5) is 18.9 Å². The highest BCUT2D eigenvalue weighted by molar-refractivity contribution is 5.51. The van der Waals surface area contributed by atoms with Crippen molar-refractivity contribution in [3.8, 4) is 0 Å². The first-order valence-electron chi connectivity index (χ1n) is 13.7. The van der Waals surface area contributed by atoms with Gasteiger partial charge in [-0.05, 0) is 73.2 Å². The molecule has 8 heteroatoms. The lowest BCUT2D eigenvalue weighted by Crippen LogP contribution is -2.47. The van der Waals surface area contributed by atoms with E-state index in [9.17, 15) is 13.2 Å². The number of nitrogens with zero attached hydrogens (tertiary/aromatic N) is 2. The predicted octanol–water partition coefficient (Wildman–Crippen LogP) is 6.05. The van der Waals surface area contributed by atoms with Crippen LogP contribution in [0.15, 0.2) is 84.4 Å². The smallest absolute Gasteiger partial charge is 0.132 e. The molecule has 0 radical (unpaired) electrons. The topological polar surface area (TPSA) is 62.9 Å². The molecule has 1 heterocycles. The zero-order valence-corrected chi connectivity index (χ0v) is 22.7. The number of likely N-dealkylation sites (tertiary alicyclic amines) is 1. The van der Waals surface area contributed by atoms with E-state index in [1.54, 1.807) is 6.08 Å². The molecule has 1 aliphatic rings. The van der Waals surface area contributed by atoms with Gasteiger partial charge in [-0.25, -0.2) is 13.2 Å². The third-order valence-corrected chi connectivity index (χ3v) is 7.31. The van der Waals surface area contributed by atoms with E-state index in [0.717, 1.165) is 55.2 Å². The molecule has 3 aromatic carbocycles. The fourth-order valence-corrected chi connectivity index (χ4v) is 5.12. The number of anilines is 1. The molecule has 5 nitrogen and oxygen atoms in total. The van der Waals surface area contributed by atoms with Gasteiger partial charge in [0.25, 0.3) is 0 Å². The van der Waals surface area contributed by atoms with Crippen LogP contribution >= 0.6 is 0 Å². The Balaban J connectivity index is 1.34. The van der Waals surface area contributed by atoms with Gasteiger partial charge >= 0.3 is 0 Å². The minimum Gasteiger partial charge on any atom is -0.390 e. The second-order valence-electron chi connectivity index (χ2n) is 10.2. The molecule has 40 heavy (non-hydrogen) atoms. The van der Waals surface area contributed by atoms with Crippen LogP contribution in [0.25, 0.3) is 0 Å². The molecule has 0 aromatic heterocycles. The Morgan fingerprint density at radius 1 is 0.975 bits per heavy atom. The van der Waals surface area contributed by atoms with E-state index in [2.05, 4.69) is 46.1 Å². The standard InChI is InChI=1S/C32H37F3N4O/c1-2-32(40-19-3-16-37-23-36,30-13-10-27(34)21-31(30)35)22-39-17-14-29(15-18-39)38-28-11-6-25(7-12-28)20-24-4-8-26(33)9-5-24/h2,4-13,21,23,29,38H,1,3,14-20,22H2,(H2,36,37). The molecule has 1 unspecified atom stereocenters. The van der Waals surface area contributed by atoms with Crippen molar-refractivity contribution >= 4 is 12.0 Å². The maximum Gasteiger partial charge on any atom is 0.132 e. The monoisotopic (exact) mass is 550 g/mol. The van der Waals surface area contributed by atoms with Crippen molar-refractivity contribution in [2.45, 2.75) is 37.3 Å². The number of aliphatic imine (C=N–C) groups is 1. The van der Waals surface area contributed by atoms with Gasteiger partial charge in [0.05, 0.1) is 12.9 Å². The van der Waals surface area contributed by atoms with Gasteiger partial charge in [-0.3, -0.25) is 9.89 Å². The van der Waals surface area contributed by atoms with Crippen LogP contribution in [0.3, 0.4) is 0 Å². The summed E-state index contributed by atoms with van der Waals surface area (Å²) in [6.07, 6.45) is 6.04. The van der Waals surface area contributed by atoms with Crippen molar-refractivity contribution in [1.82, 2.24) is 4.90 Å². The number of benzene rings is 3. The first-order chi connectivity index (χ1) is 19.4. The average Bonchev–Trinajstić information content (AvgIpc) is 2.96. The normalized spacial score (nSPS) is 16.2. The van der Waals surface area contributed by atoms with Crippen molar-refractivity contribution in [3.05, 3.63) is 114 Å². The molecule has 212 valence electrons. The summed E-state index contributed by atoms with van der Waals surface area (Å²) in [4.78, 5) is 6.24. The molecule has 0 aliphatic carbocycles. The Morgan fingerprint density at radius 3 is 2.25 bits per heavy atom. The van der Waals surface area contributed by atoms with Gasteiger partial charge in [0, 0.05) is 49.5 Å². The van der Waals surface area contributed by atoms with E-state index in [0.29, 0.717) is 32.2 Å². The van der Waals surface area contributed by atoms with E-state index in [1.807, 2.05) is 12.1 Å². The van der Waals surface area contributed by atoms with E-state index in [4.69, 9.17) is 10.5 Å². The number of halogens is 3. The highest BCUT2D eigenvalue weighted by atomic mass is 19.1. The first-order valence-corrected chi connectivity index (χ1v) is 13.7. The lowest BCUT2D eigenvalue weighted by molar-refractivity contribution is -0.0417. The second kappa shape index (κ2) is 14.1. The van der Waals surface area contributed by atoms with E-state index in [-0.39, 0.29) is 11.4 Å². The van der Waals surface area contributed by atoms with Crippen molar-refractivity contribution in [2.24, 2.45) is 10.7 Å². The Kier molecular flexibility index (Phi) is 10.4. The van der Waals surface area contributed by atoms with Crippen molar-refractivity contribution in [2.75, 3.05) is 38.1 Å². The van der Waals surface area contributed by atoms with Crippen LogP contribution in [-0.2, 0) is 16.8 Å². The van der Waals surface area contributed by atoms with Gasteiger partial charge in [-0.15, -0.1) is 0 Å². The Morgan fingerprint density at radius 2 is 1.62 bits per heavy atom. The predicted molar refractivity (Wildman–Crippen MR) is 155 cm³/mol. The summed E-state index contributed by atoms with van der Waals surface area (Å²) >= 11 is 0. The van der Waals surface area contributed by atoms with Gasteiger partial charge in [0.15, 0.2) is 0 Å². The van der Waals surface area contributed by atoms with Gasteiger partial charge in [0.1, 0.15) is 23.1 Å². The number of nitrogens with one attached hydrogen (secondary N) is 1. The van der Waals surface area contributed by atoms with Gasteiger partial charge < -0.3 is 15.8 Å². The lowest BCUT2D eigenvalue weighted by Gasteiger charge is -2.40. The third kappa shape index (κ3) is 7.96. The van der Waals surface area contributed by atoms with Gasteiger partial charge in [0.2, 0.25) is 0 Å². The Bertz CT molecular complexity index is 1260. The molecular weight excluding hydrogens is 513 g/mol. The second-order valence-corrected chi connectivity index (χ2v) is 10.2. The minimum absolute atomic E-state index is 0.229. The first kappa shape index (κ1) is 29.4. The van der Waals surface area contributed by atoms with Gasteiger partial charge in [-0.2, -0.15) is 0 Å². The van der Waals surface area contributed by atoms with Crippen molar-refractivity contribution in [1.29, 1.82) is 0 Å². The number of rotatable bonds is 13. The average molecular weight is 551 g/mol. The fraction of sp³-hybridized carbons (Fsp3) is 0.344. The van der Waals surface area contributed by atoms with Crippen molar-refractivity contribution < 1.29 is 17.9 Å². The summed E-state index contributed by atoms with van der Waals surface area (Å²) < 4.78 is 48.0. The van der Waals surface area contributed by atoms with Crippen LogP contribution < -0.4 is 11.1 Å². The quantitative estimate of drug-likeness (QED) is 0.118. The number of nitrogens with two attached hydrogens (primary N) is 1. The molecule has 0 amide bonds. The summed E-state index contributed by atoms with van der Waals surface area (Å²) in [6, 6.07) is 18.8. The number of hydrogen-bond donors (Lipinski definition) is 2. The number of piperidine rings is 1. The fourth-order valence-electron chi connectivity index (χ4n) is 5.12. The van der Waals surface area contributed by atoms with E-state index >= 15 is 0 Å². The summed E-state index contributed by atoms with van der Waals surface area (Å²) in [5.41, 5.74) is 7.75. The molecule has 0 spiro atoms. The molecule has 1 atom stereocenters. The highest BCUT2D eigenvalue weighted by Crippen LogP contribution is 2.32. The van der Waals surface area contributed by atoms with Crippen LogP contribution in [0.5, 0.6) is 0 Å². The number of ether oxygens (including phenoxy) is 1. The number of hydrogen-bond acceptors (Lipinski definition) is 4. The maximum atomic E-state index is 14.9. The Labute approximate surface area is 234 Å². The summed E-state index contributed by atoms with van der Waals surface area (Å²) in [7, 11) is 0. The van der Waals surface area contributed by atoms with Gasteiger partial charge in [-0.1, -0.05) is 36.9 Å². The SMILES string of the molecule is C=CC(CN1CCC(Nc2ccc(Cc3ccc(F)cc3)cc2)CC1)(OCCCN=CN)c1ccc(F)cc1F.